The van der Waals surface area contributed by atoms with Crippen molar-refractivity contribution in [2.75, 3.05) is 38.2 Å². The number of hydrogen-bond acceptors (Lipinski definition) is 4. The topological polar surface area (TPSA) is 61.9 Å². The number of rotatable bonds is 12. The Morgan fingerprint density at radius 1 is 1.06 bits per heavy atom. The van der Waals surface area contributed by atoms with E-state index >= 15 is 0 Å². The van der Waals surface area contributed by atoms with Crippen molar-refractivity contribution in [1.29, 1.82) is 0 Å². The lowest BCUT2D eigenvalue weighted by Gasteiger charge is -2.41. The molecular weight excluding hydrogens is 445 g/mol. The first-order chi connectivity index (χ1) is 17.0. The van der Waals surface area contributed by atoms with Crippen LogP contribution in [0.5, 0.6) is 5.75 Å². The molecular formula is C28H38FN3O3. The average Bonchev–Trinajstić information content (AvgIpc) is 2.87. The maximum atomic E-state index is 13.7. The third-order valence-electron chi connectivity index (χ3n) is 6.53. The lowest BCUT2D eigenvalue weighted by Crippen LogP contribution is -2.48. The number of carbonyl (C=O) groups excluding carboxylic acids is 2. The van der Waals surface area contributed by atoms with Crippen LogP contribution in [-0.4, -0.2) is 50.0 Å². The first-order valence-corrected chi connectivity index (χ1v) is 12.7. The summed E-state index contributed by atoms with van der Waals surface area (Å²) in [6.07, 6.45) is 3.84. The molecule has 0 bridgehead atoms. The Bertz CT molecular complexity index is 943. The van der Waals surface area contributed by atoms with Gasteiger partial charge in [-0.2, -0.15) is 0 Å². The highest BCUT2D eigenvalue weighted by Gasteiger charge is 2.41. The number of carbonyl (C=O) groups is 2. The Morgan fingerprint density at radius 3 is 2.31 bits per heavy atom. The summed E-state index contributed by atoms with van der Waals surface area (Å²) in [4.78, 5) is 30.6. The van der Waals surface area contributed by atoms with Gasteiger partial charge in [0.15, 0.2) is 0 Å². The van der Waals surface area contributed by atoms with Crippen molar-refractivity contribution in [3.63, 3.8) is 0 Å². The molecule has 2 aromatic rings. The molecule has 1 saturated heterocycles. The van der Waals surface area contributed by atoms with E-state index in [1.54, 1.807) is 36.3 Å². The van der Waals surface area contributed by atoms with Crippen molar-refractivity contribution in [2.24, 2.45) is 5.92 Å². The van der Waals surface area contributed by atoms with E-state index in [4.69, 9.17) is 4.74 Å². The van der Waals surface area contributed by atoms with Crippen LogP contribution in [0.25, 0.3) is 0 Å². The van der Waals surface area contributed by atoms with E-state index in [0.29, 0.717) is 24.4 Å². The Morgan fingerprint density at radius 2 is 1.71 bits per heavy atom. The van der Waals surface area contributed by atoms with Crippen molar-refractivity contribution in [1.82, 2.24) is 10.2 Å². The van der Waals surface area contributed by atoms with E-state index in [9.17, 15) is 14.0 Å². The van der Waals surface area contributed by atoms with Crippen LogP contribution < -0.4 is 15.0 Å². The summed E-state index contributed by atoms with van der Waals surface area (Å²) >= 11 is 0. The molecule has 6 nitrogen and oxygen atoms in total. The molecule has 7 heteroatoms. The van der Waals surface area contributed by atoms with E-state index in [0.717, 1.165) is 44.5 Å². The van der Waals surface area contributed by atoms with Crippen LogP contribution in [0.4, 0.5) is 10.1 Å². The number of methoxy groups -OCH3 is 1. The van der Waals surface area contributed by atoms with Crippen LogP contribution in [-0.2, 0) is 9.59 Å². The minimum atomic E-state index is -0.512. The molecule has 1 heterocycles. The van der Waals surface area contributed by atoms with Crippen molar-refractivity contribution in [3.05, 3.63) is 59.9 Å². The van der Waals surface area contributed by atoms with Gasteiger partial charge in [0.05, 0.1) is 19.1 Å². The number of benzene rings is 2. The largest absolute Gasteiger partial charge is 0.497 e. The molecule has 0 saturated carbocycles. The number of piperidine rings is 1. The quantitative estimate of drug-likeness (QED) is 0.434. The highest BCUT2D eigenvalue weighted by molar-refractivity contribution is 5.97. The van der Waals surface area contributed by atoms with Gasteiger partial charge in [-0.3, -0.25) is 9.59 Å². The number of halogens is 1. The van der Waals surface area contributed by atoms with Crippen LogP contribution >= 0.6 is 0 Å². The fraction of sp³-hybridized carbons (Fsp3) is 0.500. The molecule has 0 spiro atoms. The Kier molecular flexibility index (Phi) is 10.1. The summed E-state index contributed by atoms with van der Waals surface area (Å²) in [5, 5.41) is 3.11. The highest BCUT2D eigenvalue weighted by Crippen LogP contribution is 2.40. The number of hydrogen-bond donors (Lipinski definition) is 1. The van der Waals surface area contributed by atoms with E-state index in [1.165, 1.54) is 12.1 Å². The second-order valence-electron chi connectivity index (χ2n) is 9.09. The van der Waals surface area contributed by atoms with Gasteiger partial charge in [-0.15, -0.1) is 0 Å². The molecule has 0 aromatic heterocycles. The number of anilines is 1. The van der Waals surface area contributed by atoms with Gasteiger partial charge in [-0.25, -0.2) is 4.39 Å². The van der Waals surface area contributed by atoms with Crippen LogP contribution in [0.1, 0.15) is 57.6 Å². The van der Waals surface area contributed by atoms with E-state index in [1.807, 2.05) is 12.1 Å². The molecule has 1 aliphatic rings. The van der Waals surface area contributed by atoms with E-state index < -0.39 is 12.0 Å². The number of nitrogens with zero attached hydrogens (tertiary/aromatic N) is 2. The Hall–Kier alpha value is -2.93. The van der Waals surface area contributed by atoms with Gasteiger partial charge in [0, 0.05) is 18.7 Å². The normalized spacial score (nSPS) is 18.1. The van der Waals surface area contributed by atoms with Crippen LogP contribution in [0.2, 0.25) is 0 Å². The standard InChI is InChI=1S/C28H38FN3O3/c1-4-18-31(19-5-2)20-6-17-30-28(34)25-15-16-26(33)32(23-11-13-24(35-3)14-12-23)27(25)21-7-9-22(29)10-8-21/h7-14,25,27H,4-6,15-20H2,1-3H3,(H,30,34)/t25-,27-/m1/s1. The second kappa shape index (κ2) is 13.2. The molecule has 190 valence electrons. The molecule has 0 unspecified atom stereocenters. The summed E-state index contributed by atoms with van der Waals surface area (Å²) < 4.78 is 18.9. The third kappa shape index (κ3) is 7.04. The number of ether oxygens (including phenoxy) is 1. The first kappa shape index (κ1) is 26.7. The highest BCUT2D eigenvalue weighted by atomic mass is 19.1. The van der Waals surface area contributed by atoms with Gasteiger partial charge in [0.1, 0.15) is 11.6 Å². The predicted octanol–water partition coefficient (Wildman–Crippen LogP) is 4.95. The second-order valence-corrected chi connectivity index (χ2v) is 9.09. The maximum absolute atomic E-state index is 13.7. The molecule has 2 amide bonds. The van der Waals surface area contributed by atoms with E-state index in [2.05, 4.69) is 24.1 Å². The molecule has 35 heavy (non-hydrogen) atoms. The van der Waals surface area contributed by atoms with E-state index in [-0.39, 0.29) is 24.1 Å². The van der Waals surface area contributed by atoms with Crippen LogP contribution in [0.15, 0.2) is 48.5 Å². The smallest absolute Gasteiger partial charge is 0.227 e. The predicted molar refractivity (Wildman–Crippen MR) is 137 cm³/mol. The summed E-state index contributed by atoms with van der Waals surface area (Å²) in [7, 11) is 1.59. The zero-order valence-corrected chi connectivity index (χ0v) is 21.1. The van der Waals surface area contributed by atoms with Crippen molar-refractivity contribution >= 4 is 17.5 Å². The van der Waals surface area contributed by atoms with Gasteiger partial charge in [0.25, 0.3) is 0 Å². The van der Waals surface area contributed by atoms with Crippen LogP contribution in [0, 0.1) is 11.7 Å². The first-order valence-electron chi connectivity index (χ1n) is 12.7. The summed E-state index contributed by atoms with van der Waals surface area (Å²) in [5.41, 5.74) is 1.44. The monoisotopic (exact) mass is 483 g/mol. The van der Waals surface area contributed by atoms with Crippen LogP contribution in [0.3, 0.4) is 0 Å². The van der Waals surface area contributed by atoms with Gasteiger partial charge in [0.2, 0.25) is 11.8 Å². The molecule has 1 fully saturated rings. The SMILES string of the molecule is CCCN(CCC)CCCNC(=O)[C@@H]1CCC(=O)N(c2ccc(OC)cc2)[C@@H]1c1ccc(F)cc1. The molecule has 1 aliphatic heterocycles. The zero-order chi connectivity index (χ0) is 25.2. The fourth-order valence-corrected chi connectivity index (χ4v) is 4.87. The molecule has 1 N–H and O–H groups in total. The maximum Gasteiger partial charge on any atom is 0.227 e. The van der Waals surface area contributed by atoms with Gasteiger partial charge >= 0.3 is 0 Å². The molecule has 2 aromatic carbocycles. The minimum absolute atomic E-state index is 0.0525. The summed E-state index contributed by atoms with van der Waals surface area (Å²) in [6.45, 7) is 8.03. The molecule has 2 atom stereocenters. The minimum Gasteiger partial charge on any atom is -0.497 e. The zero-order valence-electron chi connectivity index (χ0n) is 21.1. The number of amides is 2. The van der Waals surface area contributed by atoms with Crippen molar-refractivity contribution in [2.45, 2.75) is 52.0 Å². The summed E-state index contributed by atoms with van der Waals surface area (Å²) in [6, 6.07) is 12.8. The fourth-order valence-electron chi connectivity index (χ4n) is 4.87. The van der Waals surface area contributed by atoms with Gasteiger partial charge in [-0.05, 0) is 87.3 Å². The lowest BCUT2D eigenvalue weighted by atomic mass is 9.83. The number of nitrogens with one attached hydrogen (secondary N) is 1. The average molecular weight is 484 g/mol. The molecule has 3 rings (SSSR count). The Labute approximate surface area is 208 Å². The van der Waals surface area contributed by atoms with Gasteiger partial charge in [-0.1, -0.05) is 26.0 Å². The lowest BCUT2D eigenvalue weighted by molar-refractivity contribution is -0.129. The summed E-state index contributed by atoms with van der Waals surface area (Å²) in [5.74, 6) is -0.212. The van der Waals surface area contributed by atoms with Gasteiger partial charge < -0.3 is 19.9 Å². The third-order valence-corrected chi connectivity index (χ3v) is 6.53. The van der Waals surface area contributed by atoms with Crippen molar-refractivity contribution in [3.8, 4) is 5.75 Å². The van der Waals surface area contributed by atoms with Crippen molar-refractivity contribution < 1.29 is 18.7 Å². The Balaban J connectivity index is 1.78. The molecule has 0 aliphatic carbocycles. The molecule has 0 radical (unpaired) electrons.